The number of thioether (sulfide) groups is 1. The molecule has 1 aromatic carbocycles. The van der Waals surface area contributed by atoms with E-state index >= 15 is 0 Å². The predicted octanol–water partition coefficient (Wildman–Crippen LogP) is 3.65. The van der Waals surface area contributed by atoms with Gasteiger partial charge >= 0.3 is 5.97 Å². The van der Waals surface area contributed by atoms with Crippen LogP contribution < -0.4 is 0 Å². The molecule has 0 bridgehead atoms. The van der Waals surface area contributed by atoms with Gasteiger partial charge in [0, 0.05) is 63.3 Å². The molecule has 3 heterocycles. The molecule has 0 saturated carbocycles. The number of aryl methyl sites for hydroxylation is 1. The maximum absolute atomic E-state index is 11.7. The van der Waals surface area contributed by atoms with Gasteiger partial charge in [-0.05, 0) is 55.7 Å². The van der Waals surface area contributed by atoms with Gasteiger partial charge in [-0.15, -0.1) is 11.8 Å². The second kappa shape index (κ2) is 13.4. The van der Waals surface area contributed by atoms with Gasteiger partial charge < -0.3 is 14.4 Å². The van der Waals surface area contributed by atoms with Gasteiger partial charge in [0.1, 0.15) is 6.61 Å². The Bertz CT molecular complexity index is 1000. The molecule has 0 radical (unpaired) electrons. The van der Waals surface area contributed by atoms with Crippen molar-refractivity contribution in [1.82, 2.24) is 20.1 Å². The van der Waals surface area contributed by atoms with Gasteiger partial charge in [-0.25, -0.2) is 9.42 Å². The highest BCUT2D eigenvalue weighted by Gasteiger charge is 2.24. The summed E-state index contributed by atoms with van der Waals surface area (Å²) in [4.78, 5) is 17.9. The Morgan fingerprint density at radius 3 is 2.59 bits per heavy atom. The van der Waals surface area contributed by atoms with E-state index < -0.39 is 0 Å². The van der Waals surface area contributed by atoms with E-state index in [2.05, 4.69) is 37.8 Å². The summed E-state index contributed by atoms with van der Waals surface area (Å²) in [5.41, 5.74) is 5.13. The van der Waals surface area contributed by atoms with Gasteiger partial charge in [-0.3, -0.25) is 4.90 Å². The topological polar surface area (TPSA) is 80.9 Å². The minimum absolute atomic E-state index is 0.191. The maximum Gasteiger partial charge on any atom is 0.338 e. The highest BCUT2D eigenvalue weighted by molar-refractivity contribution is 7.99. The zero-order valence-corrected chi connectivity index (χ0v) is 21.3. The van der Waals surface area contributed by atoms with Crippen molar-refractivity contribution in [3.8, 4) is 0 Å². The van der Waals surface area contributed by atoms with E-state index in [1.165, 1.54) is 11.1 Å². The smallest absolute Gasteiger partial charge is 0.338 e. The molecule has 184 valence electrons. The van der Waals surface area contributed by atoms with Crippen LogP contribution in [0.15, 0.2) is 46.1 Å². The number of piperazine rings is 1. The predicted molar refractivity (Wildman–Crippen MR) is 132 cm³/mol. The Hall–Kier alpha value is -2.46. The summed E-state index contributed by atoms with van der Waals surface area (Å²) in [6.07, 6.45) is 2.60. The lowest BCUT2D eigenvalue weighted by Gasteiger charge is -2.34. The van der Waals surface area contributed by atoms with Gasteiger partial charge in [0.05, 0.1) is 17.5 Å². The number of methoxy groups -OCH3 is 1. The zero-order chi connectivity index (χ0) is 24.3. The van der Waals surface area contributed by atoms with E-state index in [0.29, 0.717) is 6.61 Å². The Kier molecular flexibility index (Phi) is 10.3. The molecule has 34 heavy (non-hydrogen) atoms. The molecule has 4 rings (SSSR count). The number of ether oxygens (including phenoxy) is 2. The van der Waals surface area contributed by atoms with Crippen molar-refractivity contribution in [3.05, 3.63) is 64.5 Å². The molecule has 0 atom stereocenters. The van der Waals surface area contributed by atoms with Crippen LogP contribution in [0.1, 0.15) is 32.7 Å². The number of nitrogens with zero attached hydrogens (tertiary/aromatic N) is 4. The summed E-state index contributed by atoms with van der Waals surface area (Å²) >= 11 is 1.81. The Balaban J connectivity index is 0.00000103. The summed E-state index contributed by atoms with van der Waals surface area (Å²) in [5, 5.41) is 7.64. The fraction of sp³-hybridized carbons (Fsp3) is 0.480. The first-order valence-corrected chi connectivity index (χ1v) is 12.4. The second-order valence-corrected chi connectivity index (χ2v) is 9.34. The summed E-state index contributed by atoms with van der Waals surface area (Å²) in [5.74, 6) is 0.761. The molecule has 0 N–H and O–H groups in total. The van der Waals surface area contributed by atoms with E-state index in [9.17, 15) is 4.79 Å². The number of rotatable bonds is 6. The van der Waals surface area contributed by atoms with Crippen LogP contribution in [-0.4, -0.2) is 78.9 Å². The highest BCUT2D eigenvalue weighted by Crippen LogP contribution is 2.26. The summed E-state index contributed by atoms with van der Waals surface area (Å²) in [7, 11) is 3.25. The molecule has 0 amide bonds. The van der Waals surface area contributed by atoms with Crippen LogP contribution in [-0.2, 0) is 22.5 Å². The van der Waals surface area contributed by atoms with Crippen molar-refractivity contribution in [2.75, 3.05) is 52.8 Å². The number of carbonyl (C=O) groups excluding carboxylic acids is 1. The molecule has 0 spiro atoms. The number of carbonyl (C=O) groups is 1. The van der Waals surface area contributed by atoms with Crippen LogP contribution in [0, 0.1) is 13.8 Å². The fourth-order valence-corrected chi connectivity index (χ4v) is 4.93. The minimum Gasteiger partial charge on any atom is -0.457 e. The Morgan fingerprint density at radius 1 is 1.09 bits per heavy atom. The van der Waals surface area contributed by atoms with Gasteiger partial charge in [0.2, 0.25) is 0 Å². The normalized spacial score (nSPS) is 15.7. The van der Waals surface area contributed by atoms with Crippen LogP contribution in [0.4, 0.5) is 0 Å². The average molecular weight is 487 g/mol. The van der Waals surface area contributed by atoms with Crippen LogP contribution in [0.3, 0.4) is 0 Å². The average Bonchev–Trinajstić information content (AvgIpc) is 3.25. The van der Waals surface area contributed by atoms with Gasteiger partial charge in [0.15, 0.2) is 0 Å². The van der Waals surface area contributed by atoms with Crippen LogP contribution in [0.25, 0.3) is 0 Å². The first-order chi connectivity index (χ1) is 16.5. The molecule has 0 aliphatic carbocycles. The lowest BCUT2D eigenvalue weighted by atomic mass is 9.96. The van der Waals surface area contributed by atoms with Crippen LogP contribution in [0.5, 0.6) is 0 Å². The number of aromatic nitrogens is 2. The summed E-state index contributed by atoms with van der Waals surface area (Å²) < 4.78 is 14.2. The quantitative estimate of drug-likeness (QED) is 0.449. The Labute approximate surface area is 205 Å². The molecule has 1 fully saturated rings. The Morgan fingerprint density at radius 2 is 1.82 bits per heavy atom. The molecule has 1 saturated heterocycles. The van der Waals surface area contributed by atoms with Crippen molar-refractivity contribution < 1.29 is 18.9 Å². The highest BCUT2D eigenvalue weighted by atomic mass is 32.2. The fourth-order valence-electron chi connectivity index (χ4n) is 3.91. The molecule has 2 aromatic rings. The van der Waals surface area contributed by atoms with Crippen LogP contribution >= 0.6 is 11.8 Å². The molecule has 2 aliphatic rings. The van der Waals surface area contributed by atoms with Crippen molar-refractivity contribution in [3.63, 3.8) is 0 Å². The van der Waals surface area contributed by atoms with Crippen molar-refractivity contribution in [1.29, 1.82) is 0 Å². The molecular weight excluding hydrogens is 452 g/mol. The van der Waals surface area contributed by atoms with Gasteiger partial charge in [0.25, 0.3) is 0 Å². The third-order valence-electron chi connectivity index (χ3n) is 5.84. The van der Waals surface area contributed by atoms with E-state index in [-0.39, 0.29) is 5.97 Å². The largest absolute Gasteiger partial charge is 0.457 e. The molecule has 2 aliphatic heterocycles. The third kappa shape index (κ3) is 7.53. The minimum atomic E-state index is -0.191. The number of hydrogen-bond acceptors (Lipinski definition) is 9. The zero-order valence-electron chi connectivity index (χ0n) is 20.5. The van der Waals surface area contributed by atoms with E-state index in [1.54, 1.807) is 20.4 Å². The van der Waals surface area contributed by atoms with Crippen LogP contribution in [0.2, 0.25) is 0 Å². The van der Waals surface area contributed by atoms with Crippen molar-refractivity contribution in [2.45, 2.75) is 31.8 Å². The number of fused-ring (bicyclic) bond motifs is 1. The third-order valence-corrected chi connectivity index (χ3v) is 6.93. The number of hydrogen-bond donors (Lipinski definition) is 0. The van der Waals surface area contributed by atoms with E-state index in [0.717, 1.165) is 66.7 Å². The van der Waals surface area contributed by atoms with Gasteiger partial charge in [-0.1, -0.05) is 16.4 Å². The van der Waals surface area contributed by atoms with E-state index in [1.807, 2.05) is 43.0 Å². The summed E-state index contributed by atoms with van der Waals surface area (Å²) in [6.45, 7) is 9.74. The summed E-state index contributed by atoms with van der Waals surface area (Å²) in [6, 6.07) is 9.94. The monoisotopic (exact) mass is 486 g/mol. The molecule has 1 aromatic heterocycles. The first-order valence-electron chi connectivity index (χ1n) is 11.4. The molecule has 8 nitrogen and oxygen atoms in total. The van der Waals surface area contributed by atoms with Gasteiger partial charge in [-0.2, -0.15) is 0 Å². The standard InChI is InChI=1S/C23H28N4O3S.C2H6O/c1-17-14-20(4-3-8-24-30-25-17)31-16-27-12-10-26(11-13-27)9-7-19-5-6-21-22(18(19)2)15-29-23(21)28;1-3-2/h3-6,8,14H,7,9-13,15-16H2,1-2H3;1-2H3. The number of benzene rings is 1. The van der Waals surface area contributed by atoms with Crippen molar-refractivity contribution >= 4 is 17.7 Å². The maximum atomic E-state index is 11.7. The molecule has 0 unspecified atom stereocenters. The second-order valence-electron chi connectivity index (χ2n) is 8.32. The molecule has 9 heteroatoms. The van der Waals surface area contributed by atoms with E-state index in [4.69, 9.17) is 9.37 Å². The number of cyclic esters (lactones) is 1. The lowest BCUT2D eigenvalue weighted by Crippen LogP contribution is -2.46. The SMILES string of the molecule is COC.Cc1cc(SCN2CCN(CCc3ccc4c(c3C)COC4=O)CC2)cccnon1. The lowest BCUT2D eigenvalue weighted by molar-refractivity contribution is 0.0535. The number of esters is 1. The van der Waals surface area contributed by atoms with Crippen molar-refractivity contribution in [2.24, 2.45) is 0 Å². The first kappa shape index (κ1) is 26.2. The molecular formula is C25H34N4O4S.